The zero-order chi connectivity index (χ0) is 15.4. The summed E-state index contributed by atoms with van der Waals surface area (Å²) in [6, 6.07) is 3.62. The Hall–Kier alpha value is -1.03. The van der Waals surface area contributed by atoms with Crippen LogP contribution in [0.2, 0.25) is 0 Å². The molecular formula is C16H26N2OS. The fourth-order valence-corrected chi connectivity index (χ4v) is 3.17. The lowest BCUT2D eigenvalue weighted by Crippen LogP contribution is -2.45. The Morgan fingerprint density at radius 3 is 2.50 bits per heavy atom. The van der Waals surface area contributed by atoms with E-state index >= 15 is 0 Å². The molecule has 0 fully saturated rings. The van der Waals surface area contributed by atoms with E-state index in [0.717, 1.165) is 17.2 Å². The Morgan fingerprint density at radius 1 is 1.30 bits per heavy atom. The number of hydrogen-bond acceptors (Lipinski definition) is 3. The third-order valence-corrected chi connectivity index (χ3v) is 3.52. The topological polar surface area (TPSA) is 42.0 Å². The first-order valence-electron chi connectivity index (χ1n) is 7.04. The van der Waals surface area contributed by atoms with Crippen LogP contribution in [0, 0.1) is 5.41 Å². The van der Waals surface area contributed by atoms with E-state index in [1.165, 1.54) is 0 Å². The van der Waals surface area contributed by atoms with Crippen molar-refractivity contribution < 1.29 is 4.79 Å². The zero-order valence-corrected chi connectivity index (χ0v) is 14.2. The van der Waals surface area contributed by atoms with Crippen molar-refractivity contribution >= 4 is 17.7 Å². The number of hydrogen-bond donors (Lipinski definition) is 1. The van der Waals surface area contributed by atoms with E-state index in [9.17, 15) is 4.79 Å². The van der Waals surface area contributed by atoms with E-state index in [0.29, 0.717) is 5.56 Å². The van der Waals surface area contributed by atoms with Crippen molar-refractivity contribution in [3.05, 3.63) is 23.9 Å². The molecule has 1 heterocycles. The molecule has 1 N–H and O–H groups in total. The number of aromatic nitrogens is 1. The summed E-state index contributed by atoms with van der Waals surface area (Å²) in [5.74, 6) is 0.924. The van der Waals surface area contributed by atoms with E-state index in [-0.39, 0.29) is 16.9 Å². The normalized spacial score (nSPS) is 12.3. The van der Waals surface area contributed by atoms with E-state index in [1.54, 1.807) is 24.0 Å². The number of carbonyl (C=O) groups is 1. The van der Waals surface area contributed by atoms with Gasteiger partial charge in [-0.25, -0.2) is 4.98 Å². The maximum Gasteiger partial charge on any atom is 0.251 e. The molecule has 1 amide bonds. The summed E-state index contributed by atoms with van der Waals surface area (Å²) in [6.07, 6.45) is 2.62. The van der Waals surface area contributed by atoms with Crippen molar-refractivity contribution in [3.63, 3.8) is 0 Å². The van der Waals surface area contributed by atoms with Gasteiger partial charge in [-0.05, 0) is 43.6 Å². The molecular weight excluding hydrogens is 268 g/mol. The summed E-state index contributed by atoms with van der Waals surface area (Å²) in [5.41, 5.74) is 0.632. The summed E-state index contributed by atoms with van der Waals surface area (Å²) in [4.78, 5) is 16.6. The molecule has 0 bridgehead atoms. The van der Waals surface area contributed by atoms with Crippen molar-refractivity contribution in [2.24, 2.45) is 5.41 Å². The number of amides is 1. The first kappa shape index (κ1) is 17.0. The highest BCUT2D eigenvalue weighted by molar-refractivity contribution is 7.99. The highest BCUT2D eigenvalue weighted by Gasteiger charge is 2.27. The van der Waals surface area contributed by atoms with Gasteiger partial charge in [0, 0.05) is 17.3 Å². The molecule has 0 aliphatic carbocycles. The van der Waals surface area contributed by atoms with Gasteiger partial charge >= 0.3 is 0 Å². The molecule has 0 saturated carbocycles. The second kappa shape index (κ2) is 6.61. The SMILES string of the molecule is CCSc1cc(C(=O)NC(C)(C)CC(C)(C)C)ccn1. The van der Waals surface area contributed by atoms with E-state index in [2.05, 4.69) is 51.8 Å². The minimum Gasteiger partial charge on any atom is -0.347 e. The van der Waals surface area contributed by atoms with Gasteiger partial charge in [0.1, 0.15) is 0 Å². The highest BCUT2D eigenvalue weighted by Crippen LogP contribution is 2.27. The second-order valence-electron chi connectivity index (χ2n) is 6.89. The van der Waals surface area contributed by atoms with Crippen molar-refractivity contribution in [3.8, 4) is 0 Å². The predicted molar refractivity (Wildman–Crippen MR) is 86.3 cm³/mol. The van der Waals surface area contributed by atoms with Crippen LogP contribution < -0.4 is 5.32 Å². The van der Waals surface area contributed by atoms with Gasteiger partial charge in [0.15, 0.2) is 0 Å². The van der Waals surface area contributed by atoms with Gasteiger partial charge in [-0.2, -0.15) is 0 Å². The van der Waals surface area contributed by atoms with Crippen molar-refractivity contribution in [2.75, 3.05) is 5.75 Å². The fourth-order valence-electron chi connectivity index (χ4n) is 2.53. The molecule has 0 aliphatic rings. The van der Waals surface area contributed by atoms with Crippen LogP contribution in [0.15, 0.2) is 23.4 Å². The lowest BCUT2D eigenvalue weighted by atomic mass is 9.81. The number of nitrogens with one attached hydrogen (secondary N) is 1. The van der Waals surface area contributed by atoms with Crippen LogP contribution in [-0.2, 0) is 0 Å². The molecule has 0 radical (unpaired) electrons. The van der Waals surface area contributed by atoms with Crippen molar-refractivity contribution in [1.82, 2.24) is 10.3 Å². The molecule has 20 heavy (non-hydrogen) atoms. The third kappa shape index (κ3) is 5.95. The predicted octanol–water partition coefficient (Wildman–Crippen LogP) is 4.14. The summed E-state index contributed by atoms with van der Waals surface area (Å²) in [5, 5.41) is 4.02. The molecule has 3 nitrogen and oxygen atoms in total. The second-order valence-corrected chi connectivity index (χ2v) is 8.18. The van der Waals surface area contributed by atoms with Crippen LogP contribution in [0.1, 0.15) is 58.3 Å². The molecule has 1 rings (SSSR count). The molecule has 0 spiro atoms. The van der Waals surface area contributed by atoms with E-state index < -0.39 is 0 Å². The smallest absolute Gasteiger partial charge is 0.251 e. The molecule has 0 saturated heterocycles. The number of nitrogens with zero attached hydrogens (tertiary/aromatic N) is 1. The minimum absolute atomic E-state index is 0.0281. The lowest BCUT2D eigenvalue weighted by molar-refractivity contribution is 0.0891. The molecule has 0 aliphatic heterocycles. The summed E-state index contributed by atoms with van der Waals surface area (Å²) < 4.78 is 0. The largest absolute Gasteiger partial charge is 0.347 e. The Morgan fingerprint density at radius 2 is 1.95 bits per heavy atom. The Balaban J connectivity index is 2.78. The highest BCUT2D eigenvalue weighted by atomic mass is 32.2. The van der Waals surface area contributed by atoms with Gasteiger partial charge in [0.25, 0.3) is 5.91 Å². The minimum atomic E-state index is -0.226. The van der Waals surface area contributed by atoms with Crippen LogP contribution in [-0.4, -0.2) is 22.2 Å². The Kier molecular flexibility index (Phi) is 5.63. The lowest BCUT2D eigenvalue weighted by Gasteiger charge is -2.33. The molecule has 112 valence electrons. The molecule has 1 aromatic heterocycles. The standard InChI is InChI=1S/C16H26N2OS/c1-7-20-13-10-12(8-9-17-13)14(19)18-16(5,6)11-15(2,3)4/h8-10H,7,11H2,1-6H3,(H,18,19). The first-order chi connectivity index (χ1) is 9.13. The average molecular weight is 294 g/mol. The van der Waals surface area contributed by atoms with Gasteiger partial charge in [-0.15, -0.1) is 11.8 Å². The van der Waals surface area contributed by atoms with Gasteiger partial charge in [-0.1, -0.05) is 27.7 Å². The maximum atomic E-state index is 12.4. The van der Waals surface area contributed by atoms with Crippen LogP contribution in [0.25, 0.3) is 0 Å². The van der Waals surface area contributed by atoms with E-state index in [4.69, 9.17) is 0 Å². The molecule has 1 aromatic rings. The quantitative estimate of drug-likeness (QED) is 0.830. The van der Waals surface area contributed by atoms with Crippen LogP contribution >= 0.6 is 11.8 Å². The van der Waals surface area contributed by atoms with Crippen molar-refractivity contribution in [1.29, 1.82) is 0 Å². The molecule has 0 aromatic carbocycles. The maximum absolute atomic E-state index is 12.4. The number of pyridine rings is 1. The van der Waals surface area contributed by atoms with Gasteiger partial charge < -0.3 is 5.32 Å². The zero-order valence-electron chi connectivity index (χ0n) is 13.4. The summed E-state index contributed by atoms with van der Waals surface area (Å²) in [7, 11) is 0. The number of thioether (sulfide) groups is 1. The third-order valence-electron chi connectivity index (χ3n) is 2.71. The Bertz CT molecular complexity index is 464. The van der Waals surface area contributed by atoms with E-state index in [1.807, 2.05) is 6.07 Å². The van der Waals surface area contributed by atoms with Crippen LogP contribution in [0.3, 0.4) is 0 Å². The molecule has 0 unspecified atom stereocenters. The monoisotopic (exact) mass is 294 g/mol. The Labute approximate surface area is 126 Å². The van der Waals surface area contributed by atoms with Gasteiger partial charge in [0.2, 0.25) is 0 Å². The molecule has 0 atom stereocenters. The van der Waals surface area contributed by atoms with Crippen molar-refractivity contribution in [2.45, 2.75) is 58.5 Å². The van der Waals surface area contributed by atoms with Gasteiger partial charge in [-0.3, -0.25) is 4.79 Å². The van der Waals surface area contributed by atoms with Crippen LogP contribution in [0.5, 0.6) is 0 Å². The van der Waals surface area contributed by atoms with Crippen LogP contribution in [0.4, 0.5) is 0 Å². The summed E-state index contributed by atoms with van der Waals surface area (Å²) >= 11 is 1.64. The molecule has 4 heteroatoms. The number of carbonyl (C=O) groups excluding carboxylic acids is 1. The first-order valence-corrected chi connectivity index (χ1v) is 8.03. The summed E-state index contributed by atoms with van der Waals surface area (Å²) in [6.45, 7) is 12.8. The average Bonchev–Trinajstić information content (AvgIpc) is 2.25. The van der Waals surface area contributed by atoms with Gasteiger partial charge in [0.05, 0.1) is 5.03 Å². The number of rotatable bonds is 5. The fraction of sp³-hybridized carbons (Fsp3) is 0.625.